The van der Waals surface area contributed by atoms with Crippen LogP contribution in [0.3, 0.4) is 0 Å². The minimum atomic E-state index is -0.0870. The van der Waals surface area contributed by atoms with Gasteiger partial charge in [0.2, 0.25) is 0 Å². The van der Waals surface area contributed by atoms with Crippen LogP contribution in [0.25, 0.3) is 0 Å². The Morgan fingerprint density at radius 1 is 1.15 bits per heavy atom. The van der Waals surface area contributed by atoms with Crippen molar-refractivity contribution >= 4 is 11.8 Å². The Balaban J connectivity index is 1.93. The van der Waals surface area contributed by atoms with E-state index in [1.165, 1.54) is 0 Å². The van der Waals surface area contributed by atoms with Gasteiger partial charge in [-0.3, -0.25) is 0 Å². The van der Waals surface area contributed by atoms with E-state index in [2.05, 4.69) is 6.07 Å². The van der Waals surface area contributed by atoms with Gasteiger partial charge in [0.15, 0.2) is 0 Å². The Bertz CT molecular complexity index is 597. The molecule has 104 valence electrons. The van der Waals surface area contributed by atoms with Gasteiger partial charge in [0.05, 0.1) is 0 Å². The molecule has 1 aliphatic carbocycles. The van der Waals surface area contributed by atoms with Gasteiger partial charge in [-0.15, -0.1) is 0 Å². The Hall–Kier alpha value is -1.32. The lowest BCUT2D eigenvalue weighted by atomic mass is 9.82. The van der Waals surface area contributed by atoms with Crippen LogP contribution in [0.4, 0.5) is 4.39 Å². The summed E-state index contributed by atoms with van der Waals surface area (Å²) in [5.41, 5.74) is 7.78. The molecule has 2 aromatic carbocycles. The molecule has 1 nitrogen and oxygen atoms in total. The second-order valence-corrected chi connectivity index (χ2v) is 6.36. The predicted molar refractivity (Wildman–Crippen MR) is 81.7 cm³/mol. The molecule has 1 unspecified atom stereocenters. The Morgan fingerprint density at radius 2 is 1.95 bits per heavy atom. The van der Waals surface area contributed by atoms with Gasteiger partial charge in [0.25, 0.3) is 0 Å². The van der Waals surface area contributed by atoms with Crippen LogP contribution in [0.15, 0.2) is 52.3 Å². The number of hydrogen-bond donors (Lipinski definition) is 1. The van der Waals surface area contributed by atoms with E-state index in [-0.39, 0.29) is 11.7 Å². The van der Waals surface area contributed by atoms with E-state index in [0.717, 1.165) is 40.2 Å². The summed E-state index contributed by atoms with van der Waals surface area (Å²) < 4.78 is 14.4. The molecule has 0 aromatic heterocycles. The normalized spacial score (nSPS) is 17.8. The van der Waals surface area contributed by atoms with Crippen LogP contribution in [0, 0.1) is 5.82 Å². The van der Waals surface area contributed by atoms with Crippen molar-refractivity contribution in [3.05, 3.63) is 59.4 Å². The van der Waals surface area contributed by atoms with Gasteiger partial charge in [-0.25, -0.2) is 4.39 Å². The third kappa shape index (κ3) is 2.74. The lowest BCUT2D eigenvalue weighted by molar-refractivity contribution is 0.510. The lowest BCUT2D eigenvalue weighted by Crippen LogP contribution is -2.19. The first-order valence-corrected chi connectivity index (χ1v) is 7.85. The van der Waals surface area contributed by atoms with Crippen molar-refractivity contribution in [2.75, 3.05) is 6.54 Å². The van der Waals surface area contributed by atoms with Crippen molar-refractivity contribution in [2.24, 2.45) is 5.73 Å². The number of fused-ring (bicyclic) bond motifs is 1. The molecule has 0 saturated heterocycles. The maximum Gasteiger partial charge on any atom is 0.128 e. The molecule has 1 atom stereocenters. The van der Waals surface area contributed by atoms with Gasteiger partial charge < -0.3 is 5.73 Å². The van der Waals surface area contributed by atoms with Gasteiger partial charge in [0, 0.05) is 9.79 Å². The van der Waals surface area contributed by atoms with E-state index < -0.39 is 0 Å². The molecule has 3 heteroatoms. The summed E-state index contributed by atoms with van der Waals surface area (Å²) in [6, 6.07) is 13.9. The molecule has 0 spiro atoms. The average molecular weight is 287 g/mol. The summed E-state index contributed by atoms with van der Waals surface area (Å²) in [7, 11) is 0. The third-order valence-electron chi connectivity index (χ3n) is 3.86. The van der Waals surface area contributed by atoms with Crippen LogP contribution in [0.2, 0.25) is 0 Å². The number of halogens is 1. The molecule has 2 N–H and O–H groups in total. The highest BCUT2D eigenvalue weighted by Crippen LogP contribution is 2.37. The van der Waals surface area contributed by atoms with Crippen molar-refractivity contribution in [3.63, 3.8) is 0 Å². The molecule has 0 fully saturated rings. The highest BCUT2D eigenvalue weighted by molar-refractivity contribution is 7.99. The second kappa shape index (κ2) is 5.98. The van der Waals surface area contributed by atoms with Crippen molar-refractivity contribution in [2.45, 2.75) is 35.0 Å². The fraction of sp³-hybridized carbons (Fsp3) is 0.294. The minimum absolute atomic E-state index is 0.0870. The van der Waals surface area contributed by atoms with Gasteiger partial charge in [-0.1, -0.05) is 30.0 Å². The Kier molecular flexibility index (Phi) is 4.08. The zero-order valence-electron chi connectivity index (χ0n) is 11.3. The second-order valence-electron chi connectivity index (χ2n) is 5.22. The molecule has 0 saturated carbocycles. The molecule has 1 aliphatic rings. The van der Waals surface area contributed by atoms with Gasteiger partial charge in [-0.2, -0.15) is 0 Å². The lowest BCUT2D eigenvalue weighted by Gasteiger charge is -2.25. The number of benzene rings is 2. The van der Waals surface area contributed by atoms with Crippen LogP contribution in [-0.4, -0.2) is 6.54 Å². The van der Waals surface area contributed by atoms with E-state index in [0.29, 0.717) is 6.54 Å². The Morgan fingerprint density at radius 3 is 2.70 bits per heavy atom. The van der Waals surface area contributed by atoms with E-state index >= 15 is 0 Å². The molecule has 0 amide bonds. The van der Waals surface area contributed by atoms with Crippen LogP contribution in [0.5, 0.6) is 0 Å². The summed E-state index contributed by atoms with van der Waals surface area (Å²) in [6.45, 7) is 0.537. The topological polar surface area (TPSA) is 26.0 Å². The van der Waals surface area contributed by atoms with Crippen molar-refractivity contribution in [1.82, 2.24) is 0 Å². The first-order valence-electron chi connectivity index (χ1n) is 7.03. The Labute approximate surface area is 123 Å². The molecule has 0 bridgehead atoms. The van der Waals surface area contributed by atoms with Gasteiger partial charge in [-0.05, 0) is 67.1 Å². The summed E-state index contributed by atoms with van der Waals surface area (Å²) in [6.07, 6.45) is 3.07. The van der Waals surface area contributed by atoms with E-state index in [9.17, 15) is 4.39 Å². The van der Waals surface area contributed by atoms with Crippen molar-refractivity contribution in [3.8, 4) is 0 Å². The summed E-state index contributed by atoms with van der Waals surface area (Å²) in [4.78, 5) is 2.11. The van der Waals surface area contributed by atoms with E-state index in [4.69, 9.17) is 5.73 Å². The predicted octanol–water partition coefficient (Wildman–Crippen LogP) is 4.36. The molecular formula is C17H18FNS. The first kappa shape index (κ1) is 13.7. The third-order valence-corrected chi connectivity index (χ3v) is 4.84. The fourth-order valence-electron chi connectivity index (χ4n) is 2.91. The average Bonchev–Trinajstić information content (AvgIpc) is 2.47. The number of nitrogens with two attached hydrogens (primary N) is 1. The van der Waals surface area contributed by atoms with Crippen LogP contribution < -0.4 is 5.73 Å². The van der Waals surface area contributed by atoms with Crippen LogP contribution >= 0.6 is 11.8 Å². The van der Waals surface area contributed by atoms with Gasteiger partial charge in [0.1, 0.15) is 5.82 Å². The molecular weight excluding hydrogens is 269 g/mol. The fourth-order valence-corrected chi connectivity index (χ4v) is 3.84. The number of hydrogen-bond acceptors (Lipinski definition) is 2. The van der Waals surface area contributed by atoms with Crippen LogP contribution in [0.1, 0.15) is 29.9 Å². The van der Waals surface area contributed by atoms with E-state index in [1.807, 2.05) is 30.3 Å². The van der Waals surface area contributed by atoms with Gasteiger partial charge >= 0.3 is 0 Å². The number of rotatable bonds is 3. The molecule has 20 heavy (non-hydrogen) atoms. The standard InChI is InChI=1S/C17H18FNS/c18-16-10-15(20-14-7-2-1-3-8-14)9-12-5-4-6-13(11-19)17(12)16/h1-3,7-10,13H,4-6,11,19H2. The molecule has 0 radical (unpaired) electrons. The largest absolute Gasteiger partial charge is 0.330 e. The summed E-state index contributed by atoms with van der Waals surface area (Å²) >= 11 is 1.61. The number of aryl methyl sites for hydroxylation is 1. The zero-order chi connectivity index (χ0) is 13.9. The highest BCUT2D eigenvalue weighted by Gasteiger charge is 2.23. The zero-order valence-corrected chi connectivity index (χ0v) is 12.1. The smallest absolute Gasteiger partial charge is 0.128 e. The summed E-state index contributed by atoms with van der Waals surface area (Å²) in [5.74, 6) is 0.102. The summed E-state index contributed by atoms with van der Waals surface area (Å²) in [5, 5.41) is 0. The molecule has 3 rings (SSSR count). The SMILES string of the molecule is NCC1CCCc2cc(Sc3ccccc3)cc(F)c21. The van der Waals surface area contributed by atoms with E-state index in [1.54, 1.807) is 17.8 Å². The van der Waals surface area contributed by atoms with Crippen molar-refractivity contribution in [1.29, 1.82) is 0 Å². The molecule has 0 heterocycles. The van der Waals surface area contributed by atoms with Crippen LogP contribution in [-0.2, 0) is 6.42 Å². The maximum atomic E-state index is 14.4. The maximum absolute atomic E-state index is 14.4. The minimum Gasteiger partial charge on any atom is -0.330 e. The highest BCUT2D eigenvalue weighted by atomic mass is 32.2. The quantitative estimate of drug-likeness (QED) is 0.908. The first-order chi connectivity index (χ1) is 9.78. The molecule has 2 aromatic rings. The van der Waals surface area contributed by atoms with Crippen molar-refractivity contribution < 1.29 is 4.39 Å². The molecule has 0 aliphatic heterocycles. The monoisotopic (exact) mass is 287 g/mol.